The van der Waals surface area contributed by atoms with Crippen LogP contribution in [0, 0.1) is 0 Å². The summed E-state index contributed by atoms with van der Waals surface area (Å²) >= 11 is 0. The fraction of sp³-hybridized carbons (Fsp3) is 0.214. The van der Waals surface area contributed by atoms with Gasteiger partial charge < -0.3 is 5.32 Å². The summed E-state index contributed by atoms with van der Waals surface area (Å²) in [4.78, 5) is 12.1. The summed E-state index contributed by atoms with van der Waals surface area (Å²) in [5, 5.41) is 14.8. The Morgan fingerprint density at radius 2 is 2.30 bits per heavy atom. The standard InChI is InChI=1S/C14H15N5O/c1-19-12(5-7-17-19)4-6-15-14(20)10-2-3-11-9-16-18-13(11)8-10/h2-3,5,7-9H,4,6H2,1H3,(H,15,20)(H,16,18). The molecule has 2 N–H and O–H groups in total. The number of H-pyrrole nitrogens is 1. The Bertz CT molecular complexity index is 743. The molecule has 1 aromatic carbocycles. The lowest BCUT2D eigenvalue weighted by Gasteiger charge is -2.05. The molecule has 0 radical (unpaired) electrons. The minimum Gasteiger partial charge on any atom is -0.352 e. The first kappa shape index (κ1) is 12.4. The maximum atomic E-state index is 12.1. The fourth-order valence-electron chi connectivity index (χ4n) is 2.13. The second-order valence-corrected chi connectivity index (χ2v) is 4.62. The molecule has 2 aromatic heterocycles. The number of carbonyl (C=O) groups excluding carboxylic acids is 1. The van der Waals surface area contributed by atoms with E-state index < -0.39 is 0 Å². The average molecular weight is 269 g/mol. The molecule has 0 unspecified atom stereocenters. The first-order valence-electron chi connectivity index (χ1n) is 6.42. The van der Waals surface area contributed by atoms with Crippen LogP contribution < -0.4 is 5.32 Å². The van der Waals surface area contributed by atoms with Gasteiger partial charge in [-0.05, 0) is 18.2 Å². The van der Waals surface area contributed by atoms with Gasteiger partial charge in [0.25, 0.3) is 5.91 Å². The van der Waals surface area contributed by atoms with Crippen LogP contribution in [-0.4, -0.2) is 32.4 Å². The predicted molar refractivity (Wildman–Crippen MR) is 75.3 cm³/mol. The van der Waals surface area contributed by atoms with E-state index in [4.69, 9.17) is 0 Å². The number of rotatable bonds is 4. The number of nitrogens with one attached hydrogen (secondary N) is 2. The first-order chi connectivity index (χ1) is 9.74. The van der Waals surface area contributed by atoms with E-state index >= 15 is 0 Å². The normalized spacial score (nSPS) is 10.8. The van der Waals surface area contributed by atoms with Crippen molar-refractivity contribution in [2.24, 2.45) is 7.05 Å². The van der Waals surface area contributed by atoms with Crippen LogP contribution in [0.3, 0.4) is 0 Å². The molecular weight excluding hydrogens is 254 g/mol. The largest absolute Gasteiger partial charge is 0.352 e. The van der Waals surface area contributed by atoms with Crippen LogP contribution in [0.2, 0.25) is 0 Å². The first-order valence-corrected chi connectivity index (χ1v) is 6.42. The molecule has 0 atom stereocenters. The van der Waals surface area contributed by atoms with E-state index in [0.717, 1.165) is 23.0 Å². The number of aromatic amines is 1. The zero-order valence-electron chi connectivity index (χ0n) is 11.1. The van der Waals surface area contributed by atoms with Crippen molar-refractivity contribution in [3.63, 3.8) is 0 Å². The minimum atomic E-state index is -0.0799. The summed E-state index contributed by atoms with van der Waals surface area (Å²) in [5.41, 5.74) is 2.59. The van der Waals surface area contributed by atoms with Gasteiger partial charge in [0.05, 0.1) is 11.7 Å². The Kier molecular flexibility index (Phi) is 3.20. The van der Waals surface area contributed by atoms with Crippen LogP contribution in [0.1, 0.15) is 16.1 Å². The van der Waals surface area contributed by atoms with Crippen LogP contribution >= 0.6 is 0 Å². The molecule has 0 aliphatic rings. The Morgan fingerprint density at radius 3 is 3.10 bits per heavy atom. The van der Waals surface area contributed by atoms with Crippen molar-refractivity contribution < 1.29 is 4.79 Å². The minimum absolute atomic E-state index is 0.0799. The molecule has 3 aromatic rings. The van der Waals surface area contributed by atoms with Crippen molar-refractivity contribution in [1.82, 2.24) is 25.3 Å². The van der Waals surface area contributed by atoms with E-state index in [-0.39, 0.29) is 5.91 Å². The van der Waals surface area contributed by atoms with Crippen LogP contribution in [0.4, 0.5) is 0 Å². The lowest BCUT2D eigenvalue weighted by Crippen LogP contribution is -2.26. The predicted octanol–water partition coefficient (Wildman–Crippen LogP) is 1.27. The number of aromatic nitrogens is 4. The zero-order valence-corrected chi connectivity index (χ0v) is 11.1. The third-order valence-electron chi connectivity index (χ3n) is 3.29. The number of hydrogen-bond donors (Lipinski definition) is 2. The fourth-order valence-corrected chi connectivity index (χ4v) is 2.13. The smallest absolute Gasteiger partial charge is 0.251 e. The summed E-state index contributed by atoms with van der Waals surface area (Å²) in [6.45, 7) is 0.583. The highest BCUT2D eigenvalue weighted by Crippen LogP contribution is 2.12. The monoisotopic (exact) mass is 269 g/mol. The van der Waals surface area contributed by atoms with Gasteiger partial charge in [0.1, 0.15) is 0 Å². The molecule has 1 amide bonds. The molecule has 6 heteroatoms. The molecule has 20 heavy (non-hydrogen) atoms. The maximum Gasteiger partial charge on any atom is 0.251 e. The van der Waals surface area contributed by atoms with Crippen molar-refractivity contribution in [3.8, 4) is 0 Å². The van der Waals surface area contributed by atoms with Crippen LogP contribution in [0.25, 0.3) is 10.9 Å². The van der Waals surface area contributed by atoms with Crippen molar-refractivity contribution in [2.45, 2.75) is 6.42 Å². The Hall–Kier alpha value is -2.63. The number of amides is 1. The lowest BCUT2D eigenvalue weighted by molar-refractivity contribution is 0.0954. The van der Waals surface area contributed by atoms with Gasteiger partial charge in [-0.15, -0.1) is 0 Å². The molecule has 6 nitrogen and oxygen atoms in total. The molecule has 2 heterocycles. The van der Waals surface area contributed by atoms with E-state index in [2.05, 4.69) is 20.6 Å². The summed E-state index contributed by atoms with van der Waals surface area (Å²) < 4.78 is 1.81. The second-order valence-electron chi connectivity index (χ2n) is 4.62. The van der Waals surface area contributed by atoms with Gasteiger partial charge in [-0.2, -0.15) is 10.2 Å². The number of fused-ring (bicyclic) bond motifs is 1. The molecular formula is C14H15N5O. The number of aryl methyl sites for hydroxylation is 1. The van der Waals surface area contributed by atoms with Crippen LogP contribution in [0.15, 0.2) is 36.7 Å². The molecule has 0 fully saturated rings. The van der Waals surface area contributed by atoms with Crippen LogP contribution in [-0.2, 0) is 13.5 Å². The molecule has 0 saturated carbocycles. The summed E-state index contributed by atoms with van der Waals surface area (Å²) in [7, 11) is 1.89. The van der Waals surface area contributed by atoms with Gasteiger partial charge in [-0.25, -0.2) is 0 Å². The molecule has 3 rings (SSSR count). The van der Waals surface area contributed by atoms with Gasteiger partial charge in [0.2, 0.25) is 0 Å². The highest BCUT2D eigenvalue weighted by atomic mass is 16.1. The summed E-state index contributed by atoms with van der Waals surface area (Å²) in [5.74, 6) is -0.0799. The number of carbonyl (C=O) groups is 1. The van der Waals surface area contributed by atoms with Gasteiger partial charge in [-0.3, -0.25) is 14.6 Å². The topological polar surface area (TPSA) is 75.6 Å². The third-order valence-corrected chi connectivity index (χ3v) is 3.29. The third kappa shape index (κ3) is 2.40. The Balaban J connectivity index is 1.62. The number of hydrogen-bond acceptors (Lipinski definition) is 3. The quantitative estimate of drug-likeness (QED) is 0.749. The van der Waals surface area contributed by atoms with Crippen molar-refractivity contribution in [2.75, 3.05) is 6.54 Å². The SMILES string of the molecule is Cn1nccc1CCNC(=O)c1ccc2cn[nH]c2c1. The molecule has 0 aliphatic heterocycles. The molecule has 0 spiro atoms. The molecule has 0 bridgehead atoms. The Morgan fingerprint density at radius 1 is 1.40 bits per heavy atom. The molecule has 0 saturated heterocycles. The van der Waals surface area contributed by atoms with Crippen LogP contribution in [0.5, 0.6) is 0 Å². The van der Waals surface area contributed by atoms with Crippen molar-refractivity contribution in [3.05, 3.63) is 47.9 Å². The summed E-state index contributed by atoms with van der Waals surface area (Å²) in [6, 6.07) is 7.44. The average Bonchev–Trinajstić information content (AvgIpc) is 3.07. The van der Waals surface area contributed by atoms with E-state index in [9.17, 15) is 4.79 Å². The van der Waals surface area contributed by atoms with Gasteiger partial charge in [0.15, 0.2) is 0 Å². The highest BCUT2D eigenvalue weighted by Gasteiger charge is 2.07. The van der Waals surface area contributed by atoms with E-state index in [1.807, 2.05) is 29.9 Å². The number of nitrogens with zero attached hydrogens (tertiary/aromatic N) is 3. The van der Waals surface area contributed by atoms with E-state index in [0.29, 0.717) is 12.1 Å². The second kappa shape index (κ2) is 5.16. The van der Waals surface area contributed by atoms with E-state index in [1.165, 1.54) is 0 Å². The maximum absolute atomic E-state index is 12.1. The molecule has 0 aliphatic carbocycles. The zero-order chi connectivity index (χ0) is 13.9. The van der Waals surface area contributed by atoms with Gasteiger partial charge in [0, 0.05) is 42.9 Å². The van der Waals surface area contributed by atoms with Gasteiger partial charge >= 0.3 is 0 Å². The molecule has 102 valence electrons. The van der Waals surface area contributed by atoms with Crippen molar-refractivity contribution in [1.29, 1.82) is 0 Å². The van der Waals surface area contributed by atoms with Crippen molar-refractivity contribution >= 4 is 16.8 Å². The Labute approximate surface area is 115 Å². The lowest BCUT2D eigenvalue weighted by atomic mass is 10.1. The van der Waals surface area contributed by atoms with E-state index in [1.54, 1.807) is 18.5 Å². The van der Waals surface area contributed by atoms with Gasteiger partial charge in [-0.1, -0.05) is 6.07 Å². The highest BCUT2D eigenvalue weighted by molar-refractivity contribution is 5.97. The number of benzene rings is 1. The summed E-state index contributed by atoms with van der Waals surface area (Å²) in [6.07, 6.45) is 4.25.